The van der Waals surface area contributed by atoms with Crippen LogP contribution in [0.5, 0.6) is 0 Å². The molecule has 0 spiro atoms. The first kappa shape index (κ1) is 8.94. The van der Waals surface area contributed by atoms with Crippen LogP contribution in [0.3, 0.4) is 0 Å². The van der Waals surface area contributed by atoms with Gasteiger partial charge < -0.3 is 5.73 Å². The van der Waals surface area contributed by atoms with Gasteiger partial charge >= 0.3 is 0 Å². The lowest BCUT2D eigenvalue weighted by atomic mass is 10.0. The van der Waals surface area contributed by atoms with Gasteiger partial charge in [0.15, 0.2) is 0 Å². The minimum Gasteiger partial charge on any atom is -0.329 e. The summed E-state index contributed by atoms with van der Waals surface area (Å²) in [5.74, 6) is 0.645. The highest BCUT2D eigenvalue weighted by Crippen LogP contribution is 2.22. The molecule has 2 nitrogen and oxygen atoms in total. The van der Waals surface area contributed by atoms with Gasteiger partial charge in [0.25, 0.3) is 0 Å². The van der Waals surface area contributed by atoms with E-state index in [2.05, 4.69) is 11.8 Å². The van der Waals surface area contributed by atoms with Gasteiger partial charge in [0.2, 0.25) is 0 Å². The second kappa shape index (κ2) is 4.02. The predicted octanol–water partition coefficient (Wildman–Crippen LogP) is 0.625. The van der Waals surface area contributed by atoms with Crippen LogP contribution in [0.15, 0.2) is 0 Å². The first-order valence-electron chi connectivity index (χ1n) is 4.29. The maximum absolute atomic E-state index is 12.0. The number of nitrogens with two attached hydrogens (primary N) is 1. The molecule has 2 N–H and O–H groups in total. The van der Waals surface area contributed by atoms with Crippen molar-refractivity contribution in [3.8, 4) is 0 Å². The number of hydrogen-bond donors (Lipinski definition) is 1. The lowest BCUT2D eigenvalue weighted by Crippen LogP contribution is -2.39. The molecule has 0 aromatic heterocycles. The normalized spacial score (nSPS) is 33.0. The van der Waals surface area contributed by atoms with E-state index in [-0.39, 0.29) is 6.67 Å². The first-order chi connectivity index (χ1) is 5.29. The van der Waals surface area contributed by atoms with Crippen molar-refractivity contribution in [3.05, 3.63) is 0 Å². The van der Waals surface area contributed by atoms with Gasteiger partial charge in [0, 0.05) is 19.1 Å². The van der Waals surface area contributed by atoms with Gasteiger partial charge in [-0.15, -0.1) is 0 Å². The highest BCUT2D eigenvalue weighted by molar-refractivity contribution is 4.84. The molecule has 2 unspecified atom stereocenters. The number of halogens is 1. The molecule has 0 aromatic carbocycles. The fourth-order valence-corrected chi connectivity index (χ4v) is 1.86. The largest absolute Gasteiger partial charge is 0.329 e. The van der Waals surface area contributed by atoms with E-state index in [1.807, 2.05) is 0 Å². The zero-order valence-electron chi connectivity index (χ0n) is 7.09. The Morgan fingerprint density at radius 3 is 2.91 bits per heavy atom. The SMILES string of the molecule is CC1CCN(CCF)C1CN. The summed E-state index contributed by atoms with van der Waals surface area (Å²) in [6, 6.07) is 0.422. The van der Waals surface area contributed by atoms with Crippen molar-refractivity contribution in [1.29, 1.82) is 0 Å². The van der Waals surface area contributed by atoms with Crippen LogP contribution in [-0.4, -0.2) is 37.3 Å². The molecule has 1 rings (SSSR count). The molecule has 1 saturated heterocycles. The monoisotopic (exact) mass is 160 g/mol. The summed E-state index contributed by atoms with van der Waals surface area (Å²) >= 11 is 0. The summed E-state index contributed by atoms with van der Waals surface area (Å²) in [4.78, 5) is 2.16. The van der Waals surface area contributed by atoms with E-state index in [9.17, 15) is 4.39 Å². The first-order valence-corrected chi connectivity index (χ1v) is 4.29. The van der Waals surface area contributed by atoms with Crippen LogP contribution in [0.2, 0.25) is 0 Å². The third-order valence-electron chi connectivity index (χ3n) is 2.61. The number of alkyl halides is 1. The lowest BCUT2D eigenvalue weighted by Gasteiger charge is -2.23. The topological polar surface area (TPSA) is 29.3 Å². The molecule has 0 amide bonds. The van der Waals surface area contributed by atoms with Crippen molar-refractivity contribution >= 4 is 0 Å². The number of nitrogens with zero attached hydrogens (tertiary/aromatic N) is 1. The standard InChI is InChI=1S/C8H17FN2/c1-7-2-4-11(5-3-9)8(7)6-10/h7-8H,2-6,10H2,1H3. The molecule has 1 heterocycles. The molecule has 0 bridgehead atoms. The molecule has 66 valence electrons. The number of likely N-dealkylation sites (tertiary alicyclic amines) is 1. The predicted molar refractivity (Wildman–Crippen MR) is 44.2 cm³/mol. The Hall–Kier alpha value is -0.150. The van der Waals surface area contributed by atoms with Gasteiger partial charge in [0.1, 0.15) is 6.67 Å². The Morgan fingerprint density at radius 2 is 2.36 bits per heavy atom. The van der Waals surface area contributed by atoms with E-state index in [0.717, 1.165) is 6.54 Å². The van der Waals surface area contributed by atoms with Crippen LogP contribution in [0.4, 0.5) is 4.39 Å². The van der Waals surface area contributed by atoms with Crippen LogP contribution in [0, 0.1) is 5.92 Å². The van der Waals surface area contributed by atoms with Gasteiger partial charge in [-0.3, -0.25) is 4.90 Å². The van der Waals surface area contributed by atoms with Gasteiger partial charge in [-0.2, -0.15) is 0 Å². The minimum atomic E-state index is -0.247. The van der Waals surface area contributed by atoms with Crippen molar-refractivity contribution in [3.63, 3.8) is 0 Å². The van der Waals surface area contributed by atoms with Gasteiger partial charge in [-0.1, -0.05) is 6.92 Å². The van der Waals surface area contributed by atoms with Crippen molar-refractivity contribution in [2.45, 2.75) is 19.4 Å². The number of hydrogen-bond acceptors (Lipinski definition) is 2. The van der Waals surface area contributed by atoms with E-state index in [1.165, 1.54) is 6.42 Å². The molecule has 0 radical (unpaired) electrons. The smallest absolute Gasteiger partial charge is 0.102 e. The molecule has 0 aliphatic carbocycles. The maximum atomic E-state index is 12.0. The third kappa shape index (κ3) is 1.91. The van der Waals surface area contributed by atoms with E-state index >= 15 is 0 Å². The molecule has 3 heteroatoms. The highest BCUT2D eigenvalue weighted by atomic mass is 19.1. The van der Waals surface area contributed by atoms with Crippen molar-refractivity contribution in [2.75, 3.05) is 26.3 Å². The Labute approximate surface area is 67.6 Å². The van der Waals surface area contributed by atoms with Gasteiger partial charge in [0.05, 0.1) is 0 Å². The van der Waals surface area contributed by atoms with Crippen LogP contribution in [0.25, 0.3) is 0 Å². The summed E-state index contributed by atoms with van der Waals surface area (Å²) in [6.07, 6.45) is 1.17. The van der Waals surface area contributed by atoms with Crippen LogP contribution in [0.1, 0.15) is 13.3 Å². The second-order valence-corrected chi connectivity index (χ2v) is 3.29. The molecule has 1 aliphatic heterocycles. The highest BCUT2D eigenvalue weighted by Gasteiger charge is 2.28. The minimum absolute atomic E-state index is 0.247. The van der Waals surface area contributed by atoms with Gasteiger partial charge in [-0.05, 0) is 18.9 Å². The lowest BCUT2D eigenvalue weighted by molar-refractivity contribution is 0.217. The van der Waals surface area contributed by atoms with Gasteiger partial charge in [-0.25, -0.2) is 4.39 Å². The average molecular weight is 160 g/mol. The van der Waals surface area contributed by atoms with Crippen LogP contribution in [-0.2, 0) is 0 Å². The summed E-state index contributed by atoms with van der Waals surface area (Å²) in [6.45, 7) is 4.19. The fraction of sp³-hybridized carbons (Fsp3) is 1.00. The van der Waals surface area contributed by atoms with E-state index in [1.54, 1.807) is 0 Å². The van der Waals surface area contributed by atoms with Crippen molar-refractivity contribution < 1.29 is 4.39 Å². The zero-order chi connectivity index (χ0) is 8.27. The molecule has 0 saturated carbocycles. The van der Waals surface area contributed by atoms with E-state index < -0.39 is 0 Å². The molecule has 1 aliphatic rings. The molecular weight excluding hydrogens is 143 g/mol. The van der Waals surface area contributed by atoms with E-state index in [0.29, 0.717) is 25.0 Å². The maximum Gasteiger partial charge on any atom is 0.102 e. The summed E-state index contributed by atoms with van der Waals surface area (Å²) in [7, 11) is 0. The summed E-state index contributed by atoms with van der Waals surface area (Å²) in [5, 5.41) is 0. The molecule has 1 fully saturated rings. The molecule has 11 heavy (non-hydrogen) atoms. The summed E-state index contributed by atoms with van der Waals surface area (Å²) in [5.41, 5.74) is 5.58. The Morgan fingerprint density at radius 1 is 1.64 bits per heavy atom. The molecular formula is C8H17FN2. The Bertz CT molecular complexity index is 117. The van der Waals surface area contributed by atoms with Crippen LogP contribution < -0.4 is 5.73 Å². The Balaban J connectivity index is 2.40. The van der Waals surface area contributed by atoms with Crippen molar-refractivity contribution in [2.24, 2.45) is 11.7 Å². The molecule has 2 atom stereocenters. The second-order valence-electron chi connectivity index (χ2n) is 3.29. The quantitative estimate of drug-likeness (QED) is 0.656. The van der Waals surface area contributed by atoms with Crippen LogP contribution >= 0.6 is 0 Å². The average Bonchev–Trinajstić information content (AvgIpc) is 2.33. The third-order valence-corrected chi connectivity index (χ3v) is 2.61. The zero-order valence-corrected chi connectivity index (χ0v) is 7.09. The van der Waals surface area contributed by atoms with E-state index in [4.69, 9.17) is 5.73 Å². The Kier molecular flexibility index (Phi) is 3.27. The fourth-order valence-electron chi connectivity index (χ4n) is 1.86. The number of rotatable bonds is 3. The molecule has 0 aromatic rings. The summed E-state index contributed by atoms with van der Waals surface area (Å²) < 4.78 is 12.0. The van der Waals surface area contributed by atoms with Crippen molar-refractivity contribution in [1.82, 2.24) is 4.90 Å².